The van der Waals surface area contributed by atoms with Crippen molar-refractivity contribution in [3.8, 4) is 56.3 Å². The van der Waals surface area contributed by atoms with Crippen molar-refractivity contribution in [3.05, 3.63) is 268 Å². The van der Waals surface area contributed by atoms with Crippen LogP contribution in [0.4, 0.5) is 0 Å². The Morgan fingerprint density at radius 1 is 0.337 bits per heavy atom. The summed E-state index contributed by atoms with van der Waals surface area (Å²) in [7, 11) is 10.1. The number of hydrogen-bond acceptors (Lipinski definition) is 0. The lowest BCUT2D eigenvalue weighted by Crippen LogP contribution is -2.32. The molecule has 1 atom stereocenters. The molecule has 0 saturated carbocycles. The zero-order valence-electron chi connectivity index (χ0n) is 64.1. The maximum atomic E-state index is 8.30. The van der Waals surface area contributed by atoms with Gasteiger partial charge in [-0.25, -0.2) is 22.8 Å². The van der Waals surface area contributed by atoms with Gasteiger partial charge in [0.25, 0.3) is 0 Å². The Morgan fingerprint density at radius 2 is 0.708 bits per heavy atom. The highest BCUT2D eigenvalue weighted by molar-refractivity contribution is 5.65. The second-order valence-electron chi connectivity index (χ2n) is 22.7. The molecule has 89 heavy (non-hydrogen) atoms. The van der Waals surface area contributed by atoms with Gasteiger partial charge in [0.1, 0.15) is 35.2 Å². The number of nitrogens with zero attached hydrogens (tertiary/aromatic N) is 5. The van der Waals surface area contributed by atoms with Crippen molar-refractivity contribution in [2.45, 2.75) is 159 Å². The lowest BCUT2D eigenvalue weighted by molar-refractivity contribution is -0.661. The van der Waals surface area contributed by atoms with E-state index < -0.39 is 32.3 Å². The summed E-state index contributed by atoms with van der Waals surface area (Å²) in [5.74, 6) is -3.59. The van der Waals surface area contributed by atoms with Crippen molar-refractivity contribution in [3.63, 3.8) is 0 Å². The summed E-state index contributed by atoms with van der Waals surface area (Å²) in [6.07, 6.45) is 9.77. The Balaban J connectivity index is 0.000000625. The Hall–Kier alpha value is -8.15. The molecule has 0 radical (unpaired) electrons. The van der Waals surface area contributed by atoms with Gasteiger partial charge < -0.3 is 0 Å². The quantitative estimate of drug-likeness (QED) is 0.128. The number of pyridine rings is 5. The average Bonchev–Trinajstić information content (AvgIpc) is 0.769. The summed E-state index contributed by atoms with van der Waals surface area (Å²) in [6.45, 7) is 16.5. The van der Waals surface area contributed by atoms with Gasteiger partial charge in [-0.15, -0.1) is 0 Å². The smallest absolute Gasteiger partial charge is 0.201 e. The van der Waals surface area contributed by atoms with Crippen LogP contribution in [0.5, 0.6) is 0 Å². The van der Waals surface area contributed by atoms with Crippen LogP contribution < -0.4 is 22.8 Å². The number of hydrogen-bond donors (Lipinski definition) is 0. The summed E-state index contributed by atoms with van der Waals surface area (Å²) in [5.41, 5.74) is 25.2. The number of aryl methyl sites for hydroxylation is 14. The molecule has 0 amide bonds. The molecule has 1 unspecified atom stereocenters. The summed E-state index contributed by atoms with van der Waals surface area (Å²) in [4.78, 5) is 0. The topological polar surface area (TPSA) is 19.4 Å². The predicted octanol–water partition coefficient (Wildman–Crippen LogP) is 20.3. The molecule has 5 aromatic heterocycles. The largest absolute Gasteiger partial charge is 0.212 e. The van der Waals surface area contributed by atoms with Crippen molar-refractivity contribution in [1.82, 2.24) is 0 Å². The van der Waals surface area contributed by atoms with E-state index >= 15 is 0 Å². The molecule has 0 aliphatic heterocycles. The van der Waals surface area contributed by atoms with Crippen LogP contribution >= 0.6 is 0 Å². The highest BCUT2D eigenvalue weighted by atomic mass is 14.9. The number of aromatic nitrogens is 5. The van der Waals surface area contributed by atoms with Gasteiger partial charge >= 0.3 is 0 Å². The van der Waals surface area contributed by atoms with Crippen LogP contribution in [-0.4, -0.2) is 0 Å². The van der Waals surface area contributed by atoms with E-state index in [1.165, 1.54) is 79.6 Å². The minimum absolute atomic E-state index is 0. The molecule has 5 heteroatoms. The molecule has 10 rings (SSSR count). The molecule has 0 aliphatic rings. The lowest BCUT2D eigenvalue weighted by atomic mass is 9.97. The maximum Gasteiger partial charge on any atom is 0.212 e. The van der Waals surface area contributed by atoms with E-state index in [-0.39, 0.29) is 43.6 Å². The zero-order valence-corrected chi connectivity index (χ0v) is 53.1. The minimum atomic E-state index is -2.91. The summed E-state index contributed by atoms with van der Waals surface area (Å²) >= 11 is 0. The molecule has 10 aromatic rings. The minimum Gasteiger partial charge on any atom is -0.201 e. The Kier molecular flexibility index (Phi) is 25.4. The standard InChI is InChI=1S/3C17H22N.2C14H16N.5CH4/c2*1-12(2)16-11-18(5)17(10-14(16)4)15-9-7-6-8-13(15)3;1-13(2)11-15-8-9-16(14(3)12-15)17-7-5-6-10-18(17)4;2*1-11-7-8-12(2)13(10-11)14-6-4-5-9-15(14)3;;;;;/h2*6-12H,1-5H3;5-10,12-13H,11H2,1-4H3;2*4-10H,1-3H3;5*1H4/q5*+1;;;;;/i1D3,12D;;1D3,2D3,13D;;;;;;;. The fourth-order valence-electron chi connectivity index (χ4n) is 10.5. The van der Waals surface area contributed by atoms with Crippen LogP contribution in [0.1, 0.15) is 172 Å². The highest BCUT2D eigenvalue weighted by Gasteiger charge is 2.19. The van der Waals surface area contributed by atoms with Gasteiger partial charge in [0.2, 0.25) is 28.5 Å². The van der Waals surface area contributed by atoms with Gasteiger partial charge in [-0.05, 0) is 179 Å². The van der Waals surface area contributed by atoms with Crippen LogP contribution in [-0.2, 0) is 41.7 Å². The molecule has 0 N–H and O–H groups in total. The summed E-state index contributed by atoms with van der Waals surface area (Å²) in [6, 6.07) is 57.8. The lowest BCUT2D eigenvalue weighted by Gasteiger charge is -2.11. The Bertz CT molecular complexity index is 4170. The van der Waals surface area contributed by atoms with Gasteiger partial charge in [-0.1, -0.05) is 162 Å². The first-order valence-corrected chi connectivity index (χ1v) is 29.0. The molecule has 5 heterocycles. The zero-order chi connectivity index (χ0) is 70.7. The SMILES string of the molecule is C.C.C.C.C.Cc1ccc(C)c(-c2cccc[n+]2C)c1.Cc1ccc(C)c(-c2cccc[n+]2C)c1.Cc1ccccc1-c1cc(C)c(C(C)C)c[n+]1C.[2H]C([2H])([2H])C([2H])(C)c1c[n+](C)c(-c2ccccc2C)cc1C.[2H]C([2H])([2H])C([2H])(Cc1ccc(-c2cccc[n+]2C)c(C)c1)C([2H])([2H])[2H]. The van der Waals surface area contributed by atoms with Crippen LogP contribution in [0.15, 0.2) is 201 Å². The molecule has 0 fully saturated rings. The molecule has 0 saturated heterocycles. The molecule has 474 valence electrons. The first-order valence-electron chi connectivity index (χ1n) is 34.5. The van der Waals surface area contributed by atoms with Gasteiger partial charge in [-0.3, -0.25) is 0 Å². The highest BCUT2D eigenvalue weighted by Crippen LogP contribution is 2.28. The second-order valence-corrected chi connectivity index (χ2v) is 22.7. The van der Waals surface area contributed by atoms with Crippen molar-refractivity contribution in [2.75, 3.05) is 0 Å². The van der Waals surface area contributed by atoms with Gasteiger partial charge in [0, 0.05) is 103 Å². The molecular formula is C84H118N5+5. The number of rotatable bonds is 9. The maximum absolute atomic E-state index is 8.30. The monoisotopic (exact) mass is 1210 g/mol. The molecule has 5 aromatic carbocycles. The summed E-state index contributed by atoms with van der Waals surface area (Å²) in [5, 5.41) is 0. The predicted molar refractivity (Wildman–Crippen MR) is 388 cm³/mol. The Labute approximate surface area is 559 Å². The normalized spacial score (nSPS) is 13.2. The van der Waals surface area contributed by atoms with Gasteiger partial charge in [-0.2, -0.15) is 0 Å². The van der Waals surface area contributed by atoms with Crippen LogP contribution in [0.2, 0.25) is 0 Å². The summed E-state index contributed by atoms with van der Waals surface area (Å²) < 4.78 is 95.0. The third-order valence-electron chi connectivity index (χ3n) is 15.3. The van der Waals surface area contributed by atoms with Crippen LogP contribution in [0.3, 0.4) is 0 Å². The first kappa shape index (κ1) is 61.1. The fourth-order valence-corrected chi connectivity index (χ4v) is 10.5. The van der Waals surface area contributed by atoms with Crippen molar-refractivity contribution in [2.24, 2.45) is 41.1 Å². The van der Waals surface area contributed by atoms with E-state index in [0.29, 0.717) is 17.0 Å². The molecule has 0 spiro atoms. The van der Waals surface area contributed by atoms with Gasteiger partial charge in [0.15, 0.2) is 31.0 Å². The first-order chi connectivity index (χ1) is 44.3. The van der Waals surface area contributed by atoms with Gasteiger partial charge in [0.05, 0.1) is 0 Å². The van der Waals surface area contributed by atoms with E-state index in [0.717, 1.165) is 39.2 Å². The van der Waals surface area contributed by atoms with E-state index in [9.17, 15) is 0 Å². The average molecular weight is 1210 g/mol. The Morgan fingerprint density at radius 3 is 1.09 bits per heavy atom. The number of benzene rings is 5. The second kappa shape index (κ2) is 37.0. The third kappa shape index (κ3) is 21.6. The third-order valence-corrected chi connectivity index (χ3v) is 15.3. The van der Waals surface area contributed by atoms with E-state index in [1.54, 1.807) is 18.3 Å². The van der Waals surface area contributed by atoms with Crippen LogP contribution in [0.25, 0.3) is 56.3 Å². The van der Waals surface area contributed by atoms with E-state index in [4.69, 9.17) is 15.1 Å². The van der Waals surface area contributed by atoms with E-state index in [2.05, 4.69) is 225 Å². The molecule has 0 aliphatic carbocycles. The molecule has 5 nitrogen and oxygen atoms in total. The van der Waals surface area contributed by atoms with Crippen molar-refractivity contribution < 1.29 is 37.9 Å². The molecular weight excluding hydrogens is 1080 g/mol. The molecule has 0 bridgehead atoms. The van der Waals surface area contributed by atoms with Crippen molar-refractivity contribution >= 4 is 0 Å². The fraction of sp³-hybridized carbons (Fsp3) is 0.345. The van der Waals surface area contributed by atoms with Crippen molar-refractivity contribution in [1.29, 1.82) is 0 Å². The van der Waals surface area contributed by atoms with E-state index in [1.807, 2.05) is 91.8 Å². The van der Waals surface area contributed by atoms with Crippen LogP contribution in [0, 0.1) is 68.2 Å².